The summed E-state index contributed by atoms with van der Waals surface area (Å²) in [4.78, 5) is 29.4. The van der Waals surface area contributed by atoms with Crippen LogP contribution in [-0.2, 0) is 9.53 Å². The zero-order valence-electron chi connectivity index (χ0n) is 17.7. The van der Waals surface area contributed by atoms with Gasteiger partial charge in [0.15, 0.2) is 0 Å². The van der Waals surface area contributed by atoms with Crippen LogP contribution in [0.25, 0.3) is 0 Å². The summed E-state index contributed by atoms with van der Waals surface area (Å²) in [5, 5.41) is 0. The van der Waals surface area contributed by atoms with Crippen LogP contribution in [0.3, 0.4) is 0 Å². The second kappa shape index (κ2) is 8.94. The molecule has 1 saturated carbocycles. The fourth-order valence-electron chi connectivity index (χ4n) is 3.55. The highest BCUT2D eigenvalue weighted by Crippen LogP contribution is 2.37. The second-order valence-corrected chi connectivity index (χ2v) is 9.81. The normalized spacial score (nSPS) is 17.8. The molecule has 1 saturated heterocycles. The summed E-state index contributed by atoms with van der Waals surface area (Å²) in [7, 11) is 1.63. The van der Waals surface area contributed by atoms with Crippen molar-refractivity contribution in [3.05, 3.63) is 22.7 Å². The first kappa shape index (κ1) is 21.9. The summed E-state index contributed by atoms with van der Waals surface area (Å²) >= 11 is 3.60. The summed E-state index contributed by atoms with van der Waals surface area (Å²) in [5.41, 5.74) is 0.347. The quantitative estimate of drug-likeness (QED) is 0.622. The molecule has 0 radical (unpaired) electrons. The van der Waals surface area contributed by atoms with Gasteiger partial charge < -0.3 is 19.3 Å². The van der Waals surface area contributed by atoms with E-state index in [-0.39, 0.29) is 17.9 Å². The second-order valence-electron chi connectivity index (χ2n) is 8.95. The van der Waals surface area contributed by atoms with Gasteiger partial charge in [0.2, 0.25) is 5.91 Å². The minimum atomic E-state index is -0.510. The van der Waals surface area contributed by atoms with Crippen molar-refractivity contribution in [2.24, 2.45) is 11.8 Å². The lowest BCUT2D eigenvalue weighted by molar-refractivity contribution is -0.123. The third-order valence-corrected chi connectivity index (χ3v) is 6.01. The SMILES string of the molecule is COc1ccc(Br)c(N(CC2CC2)C(=O)C2CCN(C(=O)OC(C)(C)C)CC2)c1. The summed E-state index contributed by atoms with van der Waals surface area (Å²) in [6, 6.07) is 5.72. The maximum Gasteiger partial charge on any atom is 0.410 e. The van der Waals surface area contributed by atoms with Crippen LogP contribution in [0.1, 0.15) is 46.5 Å². The van der Waals surface area contributed by atoms with Crippen molar-refractivity contribution in [1.29, 1.82) is 0 Å². The molecular formula is C22H31BrN2O4. The molecule has 0 spiro atoms. The molecule has 0 aromatic heterocycles. The fourth-order valence-corrected chi connectivity index (χ4v) is 4.01. The molecule has 0 bridgehead atoms. The first-order valence-electron chi connectivity index (χ1n) is 10.3. The lowest BCUT2D eigenvalue weighted by Gasteiger charge is -2.35. The summed E-state index contributed by atoms with van der Waals surface area (Å²) in [5.74, 6) is 1.34. The first-order valence-corrected chi connectivity index (χ1v) is 11.1. The molecule has 0 unspecified atom stereocenters. The molecule has 1 aromatic carbocycles. The highest BCUT2D eigenvalue weighted by molar-refractivity contribution is 9.10. The zero-order chi connectivity index (χ0) is 21.2. The third kappa shape index (κ3) is 5.87. The van der Waals surface area contributed by atoms with E-state index in [0.29, 0.717) is 31.8 Å². The molecule has 3 rings (SSSR count). The van der Waals surface area contributed by atoms with Gasteiger partial charge in [0, 0.05) is 36.1 Å². The van der Waals surface area contributed by atoms with E-state index in [1.807, 2.05) is 43.9 Å². The Balaban J connectivity index is 1.69. The van der Waals surface area contributed by atoms with Gasteiger partial charge in [-0.2, -0.15) is 0 Å². The van der Waals surface area contributed by atoms with Crippen LogP contribution < -0.4 is 9.64 Å². The predicted molar refractivity (Wildman–Crippen MR) is 116 cm³/mol. The van der Waals surface area contributed by atoms with E-state index < -0.39 is 5.60 Å². The number of anilines is 1. The van der Waals surface area contributed by atoms with Crippen molar-refractivity contribution in [1.82, 2.24) is 4.90 Å². The molecular weight excluding hydrogens is 436 g/mol. The summed E-state index contributed by atoms with van der Waals surface area (Å²) in [6.45, 7) is 7.41. The Hall–Kier alpha value is -1.76. The van der Waals surface area contributed by atoms with Crippen LogP contribution in [0.15, 0.2) is 22.7 Å². The van der Waals surface area contributed by atoms with Crippen LogP contribution >= 0.6 is 15.9 Å². The van der Waals surface area contributed by atoms with Gasteiger partial charge in [0.25, 0.3) is 0 Å². The smallest absolute Gasteiger partial charge is 0.410 e. The van der Waals surface area contributed by atoms with E-state index in [9.17, 15) is 9.59 Å². The molecule has 2 aliphatic rings. The number of carbonyl (C=O) groups is 2. The van der Waals surface area contributed by atoms with Crippen LogP contribution in [0.2, 0.25) is 0 Å². The van der Waals surface area contributed by atoms with E-state index in [2.05, 4.69) is 15.9 Å². The van der Waals surface area contributed by atoms with Gasteiger partial charge in [0.05, 0.1) is 12.8 Å². The minimum absolute atomic E-state index is 0.0921. The number of hydrogen-bond donors (Lipinski definition) is 0. The lowest BCUT2D eigenvalue weighted by Crippen LogP contribution is -2.46. The van der Waals surface area contributed by atoms with Gasteiger partial charge in [0.1, 0.15) is 11.4 Å². The van der Waals surface area contributed by atoms with Crippen molar-refractivity contribution < 1.29 is 19.1 Å². The average Bonchev–Trinajstić information content (AvgIpc) is 3.49. The number of piperidine rings is 1. The number of methoxy groups -OCH3 is 1. The van der Waals surface area contributed by atoms with E-state index in [0.717, 1.165) is 22.5 Å². The maximum atomic E-state index is 13.4. The molecule has 2 amide bonds. The number of rotatable bonds is 5. The molecule has 1 aliphatic heterocycles. The number of benzene rings is 1. The number of halogens is 1. The van der Waals surface area contributed by atoms with Crippen molar-refractivity contribution in [2.75, 3.05) is 31.6 Å². The number of hydrogen-bond acceptors (Lipinski definition) is 4. The van der Waals surface area contributed by atoms with Crippen LogP contribution in [-0.4, -0.2) is 49.2 Å². The monoisotopic (exact) mass is 466 g/mol. The van der Waals surface area contributed by atoms with Crippen LogP contribution in [0.5, 0.6) is 5.75 Å². The first-order chi connectivity index (χ1) is 13.7. The van der Waals surface area contributed by atoms with Gasteiger partial charge in [-0.3, -0.25) is 4.79 Å². The molecule has 1 aromatic rings. The van der Waals surface area contributed by atoms with Crippen molar-refractivity contribution >= 4 is 33.6 Å². The number of nitrogens with zero attached hydrogens (tertiary/aromatic N) is 2. The topological polar surface area (TPSA) is 59.1 Å². The third-order valence-electron chi connectivity index (χ3n) is 5.34. The standard InChI is InChI=1S/C22H31BrN2O4/c1-22(2,3)29-21(27)24-11-9-16(10-12-24)20(26)25(14-15-5-6-15)19-13-17(28-4)7-8-18(19)23/h7-8,13,15-16H,5-6,9-12,14H2,1-4H3. The largest absolute Gasteiger partial charge is 0.497 e. The number of carbonyl (C=O) groups excluding carboxylic acids is 2. The highest BCUT2D eigenvalue weighted by Gasteiger charge is 2.35. The molecule has 0 atom stereocenters. The minimum Gasteiger partial charge on any atom is -0.497 e. The highest BCUT2D eigenvalue weighted by atomic mass is 79.9. The fraction of sp³-hybridized carbons (Fsp3) is 0.636. The van der Waals surface area contributed by atoms with Crippen LogP contribution in [0.4, 0.5) is 10.5 Å². The Labute approximate surface area is 181 Å². The number of amides is 2. The van der Waals surface area contributed by atoms with Crippen LogP contribution in [0, 0.1) is 11.8 Å². The van der Waals surface area contributed by atoms with Gasteiger partial charge in [-0.05, 0) is 80.4 Å². The van der Waals surface area contributed by atoms with E-state index in [1.54, 1.807) is 12.0 Å². The zero-order valence-corrected chi connectivity index (χ0v) is 19.3. The van der Waals surface area contributed by atoms with Gasteiger partial charge >= 0.3 is 6.09 Å². The van der Waals surface area contributed by atoms with Crippen molar-refractivity contribution in [2.45, 2.75) is 52.1 Å². The molecule has 1 aliphatic carbocycles. The Morgan fingerprint density at radius 1 is 1.17 bits per heavy atom. The molecule has 1 heterocycles. The number of ether oxygens (including phenoxy) is 2. The summed E-state index contributed by atoms with van der Waals surface area (Å²) < 4.78 is 11.7. The molecule has 6 nitrogen and oxygen atoms in total. The van der Waals surface area contributed by atoms with Gasteiger partial charge in [-0.1, -0.05) is 0 Å². The molecule has 160 valence electrons. The molecule has 0 N–H and O–H groups in total. The Bertz CT molecular complexity index is 750. The Morgan fingerprint density at radius 3 is 2.38 bits per heavy atom. The predicted octanol–water partition coefficient (Wildman–Crippen LogP) is 4.85. The Kier molecular flexibility index (Phi) is 6.76. The van der Waals surface area contributed by atoms with E-state index in [4.69, 9.17) is 9.47 Å². The summed E-state index contributed by atoms with van der Waals surface area (Å²) in [6.07, 6.45) is 3.35. The van der Waals surface area contributed by atoms with E-state index >= 15 is 0 Å². The number of likely N-dealkylation sites (tertiary alicyclic amines) is 1. The van der Waals surface area contributed by atoms with E-state index in [1.165, 1.54) is 12.8 Å². The van der Waals surface area contributed by atoms with Gasteiger partial charge in [-0.15, -0.1) is 0 Å². The van der Waals surface area contributed by atoms with Crippen molar-refractivity contribution in [3.63, 3.8) is 0 Å². The Morgan fingerprint density at radius 2 is 1.83 bits per heavy atom. The molecule has 2 fully saturated rings. The molecule has 7 heteroatoms. The maximum absolute atomic E-state index is 13.4. The average molecular weight is 467 g/mol. The lowest BCUT2D eigenvalue weighted by atomic mass is 9.95. The molecule has 29 heavy (non-hydrogen) atoms. The van der Waals surface area contributed by atoms with Gasteiger partial charge in [-0.25, -0.2) is 4.79 Å². The van der Waals surface area contributed by atoms with Crippen molar-refractivity contribution in [3.8, 4) is 5.75 Å².